The highest BCUT2D eigenvalue weighted by Gasteiger charge is 2.29. The molecule has 0 aromatic heterocycles. The van der Waals surface area contributed by atoms with Gasteiger partial charge in [-0.05, 0) is 22.3 Å². The van der Waals surface area contributed by atoms with E-state index in [1.807, 2.05) is 48.5 Å². The molecule has 1 aliphatic rings. The second-order valence-electron chi connectivity index (χ2n) is 7.54. The minimum absolute atomic E-state index is 0.0941. The van der Waals surface area contributed by atoms with E-state index < -0.39 is 43.1 Å². The summed E-state index contributed by atoms with van der Waals surface area (Å²) in [7, 11) is 0. The maximum Gasteiger partial charge on any atom is 0.407 e. The molecule has 3 rings (SSSR count). The van der Waals surface area contributed by atoms with E-state index in [1.54, 1.807) is 0 Å². The second kappa shape index (κ2) is 10.7. The van der Waals surface area contributed by atoms with Crippen molar-refractivity contribution in [3.63, 3.8) is 0 Å². The topological polar surface area (TPSA) is 145 Å². The number of carbonyl (C=O) groups excluding carboxylic acids is 2. The monoisotopic (exact) mass is 442 g/mol. The summed E-state index contributed by atoms with van der Waals surface area (Å²) in [6, 6.07) is 14.6. The lowest BCUT2D eigenvalue weighted by Crippen LogP contribution is -2.43. The molecule has 0 saturated carbocycles. The first-order valence-electron chi connectivity index (χ1n) is 10.3. The van der Waals surface area contributed by atoms with Crippen LogP contribution in [0.5, 0.6) is 0 Å². The van der Waals surface area contributed by atoms with Gasteiger partial charge in [-0.25, -0.2) is 9.59 Å². The Balaban J connectivity index is 1.47. The van der Waals surface area contributed by atoms with Crippen molar-refractivity contribution in [2.75, 3.05) is 19.8 Å². The molecule has 1 aliphatic carbocycles. The predicted molar refractivity (Wildman–Crippen MR) is 115 cm³/mol. The summed E-state index contributed by atoms with van der Waals surface area (Å²) >= 11 is 0. The number of nitrogens with one attached hydrogen (secondary N) is 2. The fourth-order valence-corrected chi connectivity index (χ4v) is 3.78. The van der Waals surface area contributed by atoms with E-state index in [4.69, 9.17) is 14.9 Å². The number of carboxylic acid groups (broad SMARTS) is 1. The van der Waals surface area contributed by atoms with Crippen molar-refractivity contribution in [1.29, 1.82) is 0 Å². The number of carboxylic acids is 1. The van der Waals surface area contributed by atoms with E-state index in [1.165, 1.54) is 0 Å². The average Bonchev–Trinajstić information content (AvgIpc) is 3.09. The molecule has 9 heteroatoms. The third kappa shape index (κ3) is 5.63. The smallest absolute Gasteiger partial charge is 0.407 e. The van der Waals surface area contributed by atoms with Crippen LogP contribution in [0.2, 0.25) is 0 Å². The lowest BCUT2D eigenvalue weighted by molar-refractivity contribution is -0.142. The van der Waals surface area contributed by atoms with Crippen molar-refractivity contribution in [1.82, 2.24) is 10.6 Å². The van der Waals surface area contributed by atoms with Gasteiger partial charge in [0.2, 0.25) is 5.91 Å². The highest BCUT2D eigenvalue weighted by molar-refractivity contribution is 5.83. The minimum atomic E-state index is -1.28. The van der Waals surface area contributed by atoms with Crippen LogP contribution in [0.15, 0.2) is 48.5 Å². The molecule has 0 fully saturated rings. The lowest BCUT2D eigenvalue weighted by Gasteiger charge is -2.17. The van der Waals surface area contributed by atoms with E-state index in [-0.39, 0.29) is 25.5 Å². The van der Waals surface area contributed by atoms with E-state index in [9.17, 15) is 19.5 Å². The number of aliphatic hydroxyl groups is 2. The highest BCUT2D eigenvalue weighted by Crippen LogP contribution is 2.44. The Morgan fingerprint density at radius 3 is 2.16 bits per heavy atom. The van der Waals surface area contributed by atoms with Crippen LogP contribution in [0.4, 0.5) is 4.79 Å². The first kappa shape index (κ1) is 23.2. The lowest BCUT2D eigenvalue weighted by atomic mass is 9.98. The maximum atomic E-state index is 12.1. The molecule has 0 saturated heterocycles. The van der Waals surface area contributed by atoms with Gasteiger partial charge in [-0.1, -0.05) is 48.5 Å². The molecule has 32 heavy (non-hydrogen) atoms. The number of benzene rings is 2. The highest BCUT2D eigenvalue weighted by atomic mass is 16.5. The van der Waals surface area contributed by atoms with Gasteiger partial charge in [0.05, 0.1) is 12.5 Å². The van der Waals surface area contributed by atoms with Gasteiger partial charge < -0.3 is 30.7 Å². The van der Waals surface area contributed by atoms with Crippen LogP contribution < -0.4 is 10.6 Å². The van der Waals surface area contributed by atoms with Crippen LogP contribution >= 0.6 is 0 Å². The Morgan fingerprint density at radius 2 is 1.59 bits per heavy atom. The zero-order chi connectivity index (χ0) is 23.1. The molecule has 2 amide bonds. The molecule has 0 spiro atoms. The van der Waals surface area contributed by atoms with Crippen molar-refractivity contribution in [2.45, 2.75) is 30.9 Å². The van der Waals surface area contributed by atoms with Gasteiger partial charge in [0.25, 0.3) is 0 Å². The molecular formula is C23H26N2O7. The molecule has 9 nitrogen and oxygen atoms in total. The van der Waals surface area contributed by atoms with Gasteiger partial charge in [-0.15, -0.1) is 0 Å². The third-order valence-electron chi connectivity index (χ3n) is 5.30. The molecular weight excluding hydrogens is 416 g/mol. The van der Waals surface area contributed by atoms with Crippen LogP contribution in [-0.2, 0) is 14.3 Å². The quantitative estimate of drug-likeness (QED) is 0.372. The summed E-state index contributed by atoms with van der Waals surface area (Å²) in [5.74, 6) is -2.07. The number of fused-ring (bicyclic) bond motifs is 3. The van der Waals surface area contributed by atoms with Crippen molar-refractivity contribution in [3.8, 4) is 11.1 Å². The van der Waals surface area contributed by atoms with E-state index in [0.29, 0.717) is 0 Å². The zero-order valence-electron chi connectivity index (χ0n) is 17.4. The number of rotatable bonds is 10. The molecule has 170 valence electrons. The minimum Gasteiger partial charge on any atom is -0.480 e. The largest absolute Gasteiger partial charge is 0.480 e. The number of alkyl carbamates (subject to hydrolysis) is 1. The normalized spacial score (nSPS) is 14.1. The number of aliphatic carboxylic acids is 1. The molecule has 2 aromatic rings. The molecule has 0 aliphatic heterocycles. The SMILES string of the molecule is O=C(CC(O)CNC(=O)OCC1c2ccccc2-c2ccccc21)N[C@@H](CCO)C(=O)O. The van der Waals surface area contributed by atoms with Crippen LogP contribution in [-0.4, -0.2) is 65.2 Å². The number of carbonyl (C=O) groups is 3. The summed E-state index contributed by atoms with van der Waals surface area (Å²) < 4.78 is 5.36. The number of amides is 2. The number of hydrogen-bond donors (Lipinski definition) is 5. The number of hydrogen-bond acceptors (Lipinski definition) is 6. The summed E-state index contributed by atoms with van der Waals surface area (Å²) in [6.45, 7) is -0.511. The molecule has 0 heterocycles. The Hall–Kier alpha value is -3.43. The van der Waals surface area contributed by atoms with Gasteiger partial charge >= 0.3 is 12.1 Å². The summed E-state index contributed by atoms with van der Waals surface area (Å²) in [5, 5.41) is 32.4. The van der Waals surface area contributed by atoms with Gasteiger partial charge in [0.1, 0.15) is 12.6 Å². The van der Waals surface area contributed by atoms with Crippen LogP contribution in [0.1, 0.15) is 29.9 Å². The molecule has 0 radical (unpaired) electrons. The Kier molecular flexibility index (Phi) is 7.80. The van der Waals surface area contributed by atoms with Crippen molar-refractivity contribution < 1.29 is 34.4 Å². The number of aliphatic hydroxyl groups excluding tert-OH is 2. The zero-order valence-corrected chi connectivity index (χ0v) is 17.4. The number of ether oxygens (including phenoxy) is 1. The third-order valence-corrected chi connectivity index (χ3v) is 5.30. The van der Waals surface area contributed by atoms with Crippen LogP contribution in [0.3, 0.4) is 0 Å². The predicted octanol–water partition coefficient (Wildman–Crippen LogP) is 1.23. The Bertz CT molecular complexity index is 933. The van der Waals surface area contributed by atoms with Gasteiger partial charge in [0, 0.05) is 25.5 Å². The maximum absolute atomic E-state index is 12.1. The Labute approximate surface area is 185 Å². The van der Waals surface area contributed by atoms with Gasteiger partial charge in [-0.2, -0.15) is 0 Å². The first-order valence-corrected chi connectivity index (χ1v) is 10.3. The van der Waals surface area contributed by atoms with E-state index in [2.05, 4.69) is 10.6 Å². The van der Waals surface area contributed by atoms with Crippen LogP contribution in [0, 0.1) is 0 Å². The Morgan fingerprint density at radius 1 is 1.00 bits per heavy atom. The van der Waals surface area contributed by atoms with Crippen molar-refractivity contribution >= 4 is 18.0 Å². The van der Waals surface area contributed by atoms with E-state index in [0.717, 1.165) is 22.3 Å². The van der Waals surface area contributed by atoms with E-state index >= 15 is 0 Å². The molecule has 2 aromatic carbocycles. The molecule has 0 bridgehead atoms. The molecule has 1 unspecified atom stereocenters. The summed E-state index contributed by atoms with van der Waals surface area (Å²) in [5.41, 5.74) is 4.38. The first-order chi connectivity index (χ1) is 15.4. The standard InChI is InChI=1S/C23H26N2O7/c26-10-9-20(22(29)30)25-21(28)11-14(27)12-24-23(31)32-13-19-17-7-3-1-5-15(17)16-6-2-4-8-18(16)19/h1-8,14,19-20,26-27H,9-13H2,(H,24,31)(H,25,28)(H,29,30)/t14?,20-/m0/s1. The van der Waals surface area contributed by atoms with Crippen molar-refractivity contribution in [2.24, 2.45) is 0 Å². The van der Waals surface area contributed by atoms with Crippen molar-refractivity contribution in [3.05, 3.63) is 59.7 Å². The molecule has 2 atom stereocenters. The van der Waals surface area contributed by atoms with Gasteiger partial charge in [0.15, 0.2) is 0 Å². The van der Waals surface area contributed by atoms with Gasteiger partial charge in [-0.3, -0.25) is 4.79 Å². The fraction of sp³-hybridized carbons (Fsp3) is 0.348. The summed E-state index contributed by atoms with van der Waals surface area (Å²) in [4.78, 5) is 35.0. The van der Waals surface area contributed by atoms with Crippen LogP contribution in [0.25, 0.3) is 11.1 Å². The molecule has 5 N–H and O–H groups in total. The fourth-order valence-electron chi connectivity index (χ4n) is 3.78. The average molecular weight is 442 g/mol. The second-order valence-corrected chi connectivity index (χ2v) is 7.54. The summed E-state index contributed by atoms with van der Waals surface area (Å²) in [6.07, 6.45) is -2.50.